The van der Waals surface area contributed by atoms with Gasteiger partial charge in [0.15, 0.2) is 0 Å². The van der Waals surface area contributed by atoms with Crippen LogP contribution in [0, 0.1) is 12.3 Å². The zero-order chi connectivity index (χ0) is 10.3. The van der Waals surface area contributed by atoms with E-state index in [1.807, 2.05) is 13.8 Å². The standard InChI is InChI=1S/C10H17NO2/c1-4-5-7-11(9(2)3)8-6-10(12)13/h1,9H,5-8H2,2-3H3,(H,12,13). The first-order valence-corrected chi connectivity index (χ1v) is 4.47. The lowest BCUT2D eigenvalue weighted by atomic mass is 10.2. The zero-order valence-electron chi connectivity index (χ0n) is 8.29. The fraction of sp³-hybridized carbons (Fsp3) is 0.700. The summed E-state index contributed by atoms with van der Waals surface area (Å²) in [5.74, 6) is 1.79. The molecule has 3 heteroatoms. The number of aliphatic carboxylic acids is 1. The van der Waals surface area contributed by atoms with Crippen molar-refractivity contribution in [3.8, 4) is 12.3 Å². The monoisotopic (exact) mass is 183 g/mol. The van der Waals surface area contributed by atoms with E-state index in [1.54, 1.807) is 0 Å². The van der Waals surface area contributed by atoms with Gasteiger partial charge in [-0.05, 0) is 13.8 Å². The summed E-state index contributed by atoms with van der Waals surface area (Å²) in [4.78, 5) is 12.4. The van der Waals surface area contributed by atoms with Crippen molar-refractivity contribution in [3.63, 3.8) is 0 Å². The molecule has 0 atom stereocenters. The maximum atomic E-state index is 10.3. The molecule has 0 aromatic rings. The van der Waals surface area contributed by atoms with Crippen molar-refractivity contribution in [2.75, 3.05) is 13.1 Å². The molecule has 0 aliphatic heterocycles. The molecule has 0 aromatic heterocycles. The van der Waals surface area contributed by atoms with Crippen molar-refractivity contribution in [1.29, 1.82) is 0 Å². The Kier molecular flexibility index (Phi) is 5.99. The fourth-order valence-corrected chi connectivity index (χ4v) is 1.08. The maximum Gasteiger partial charge on any atom is 0.304 e. The molecule has 1 N–H and O–H groups in total. The molecule has 0 saturated carbocycles. The van der Waals surface area contributed by atoms with Gasteiger partial charge >= 0.3 is 5.97 Å². The second-order valence-corrected chi connectivity index (χ2v) is 3.23. The van der Waals surface area contributed by atoms with E-state index in [-0.39, 0.29) is 6.42 Å². The van der Waals surface area contributed by atoms with E-state index in [9.17, 15) is 4.79 Å². The molecule has 0 saturated heterocycles. The van der Waals surface area contributed by atoms with Gasteiger partial charge in [-0.15, -0.1) is 12.3 Å². The summed E-state index contributed by atoms with van der Waals surface area (Å²) in [7, 11) is 0. The van der Waals surface area contributed by atoms with Crippen LogP contribution in [0.5, 0.6) is 0 Å². The lowest BCUT2D eigenvalue weighted by molar-refractivity contribution is -0.137. The minimum absolute atomic E-state index is 0.183. The Hall–Kier alpha value is -1.01. The largest absolute Gasteiger partial charge is 0.481 e. The topological polar surface area (TPSA) is 40.5 Å². The summed E-state index contributed by atoms with van der Waals surface area (Å²) in [6.07, 6.45) is 6.00. The SMILES string of the molecule is C#CCCN(CCC(=O)O)C(C)C. The molecule has 0 aliphatic carbocycles. The highest BCUT2D eigenvalue weighted by Gasteiger charge is 2.09. The van der Waals surface area contributed by atoms with Crippen LogP contribution in [0.25, 0.3) is 0 Å². The highest BCUT2D eigenvalue weighted by molar-refractivity contribution is 5.66. The molecule has 74 valence electrons. The molecule has 0 spiro atoms. The zero-order valence-corrected chi connectivity index (χ0v) is 8.29. The van der Waals surface area contributed by atoms with Gasteiger partial charge in [0.2, 0.25) is 0 Å². The number of carbonyl (C=O) groups is 1. The van der Waals surface area contributed by atoms with Gasteiger partial charge in [0.25, 0.3) is 0 Å². The Balaban J connectivity index is 3.81. The van der Waals surface area contributed by atoms with Gasteiger partial charge in [-0.25, -0.2) is 0 Å². The third-order valence-electron chi connectivity index (χ3n) is 1.89. The van der Waals surface area contributed by atoms with Crippen molar-refractivity contribution in [3.05, 3.63) is 0 Å². The van der Waals surface area contributed by atoms with Crippen LogP contribution in [0.1, 0.15) is 26.7 Å². The predicted molar refractivity (Wildman–Crippen MR) is 52.4 cm³/mol. The average Bonchev–Trinajstić information content (AvgIpc) is 2.03. The van der Waals surface area contributed by atoms with E-state index in [0.29, 0.717) is 19.0 Å². The quantitative estimate of drug-likeness (QED) is 0.629. The smallest absolute Gasteiger partial charge is 0.304 e. The molecule has 0 aromatic carbocycles. The molecule has 0 aliphatic rings. The summed E-state index contributed by atoms with van der Waals surface area (Å²) >= 11 is 0. The third kappa shape index (κ3) is 6.18. The predicted octanol–water partition coefficient (Wildman–Crippen LogP) is 1.19. The lowest BCUT2D eigenvalue weighted by Gasteiger charge is -2.24. The molecule has 0 radical (unpaired) electrons. The Morgan fingerprint density at radius 1 is 1.54 bits per heavy atom. The lowest BCUT2D eigenvalue weighted by Crippen LogP contribution is -2.33. The van der Waals surface area contributed by atoms with Crippen molar-refractivity contribution < 1.29 is 9.90 Å². The molecular weight excluding hydrogens is 166 g/mol. The van der Waals surface area contributed by atoms with Crippen molar-refractivity contribution in [2.24, 2.45) is 0 Å². The van der Waals surface area contributed by atoms with Crippen LogP contribution in [0.4, 0.5) is 0 Å². The number of hydrogen-bond donors (Lipinski definition) is 1. The normalized spacial score (nSPS) is 10.4. The highest BCUT2D eigenvalue weighted by Crippen LogP contribution is 2.00. The van der Waals surface area contributed by atoms with Gasteiger partial charge in [-0.1, -0.05) is 0 Å². The number of terminal acetylenes is 1. The van der Waals surface area contributed by atoms with Crippen LogP contribution in [0.15, 0.2) is 0 Å². The van der Waals surface area contributed by atoms with Gasteiger partial charge in [0.1, 0.15) is 0 Å². The van der Waals surface area contributed by atoms with Crippen LogP contribution in [0.3, 0.4) is 0 Å². The summed E-state index contributed by atoms with van der Waals surface area (Å²) in [5, 5.41) is 8.50. The second-order valence-electron chi connectivity index (χ2n) is 3.23. The molecule has 3 nitrogen and oxygen atoms in total. The van der Waals surface area contributed by atoms with E-state index >= 15 is 0 Å². The highest BCUT2D eigenvalue weighted by atomic mass is 16.4. The minimum Gasteiger partial charge on any atom is -0.481 e. The van der Waals surface area contributed by atoms with Gasteiger partial charge < -0.3 is 5.11 Å². The molecule has 0 bridgehead atoms. The van der Waals surface area contributed by atoms with Crippen molar-refractivity contribution in [1.82, 2.24) is 4.90 Å². The molecule has 0 fully saturated rings. The Morgan fingerprint density at radius 2 is 2.15 bits per heavy atom. The van der Waals surface area contributed by atoms with Crippen LogP contribution >= 0.6 is 0 Å². The Labute approximate surface area is 79.7 Å². The van der Waals surface area contributed by atoms with E-state index < -0.39 is 5.97 Å². The van der Waals surface area contributed by atoms with E-state index in [0.717, 1.165) is 6.54 Å². The van der Waals surface area contributed by atoms with Crippen molar-refractivity contribution in [2.45, 2.75) is 32.7 Å². The first kappa shape index (κ1) is 12.0. The number of carboxylic acid groups (broad SMARTS) is 1. The Bertz CT molecular complexity index is 194. The summed E-state index contributed by atoms with van der Waals surface area (Å²) < 4.78 is 0. The van der Waals surface area contributed by atoms with Gasteiger partial charge in [-0.2, -0.15) is 0 Å². The number of carboxylic acids is 1. The number of rotatable bonds is 6. The summed E-state index contributed by atoms with van der Waals surface area (Å²) in [6.45, 7) is 5.44. The van der Waals surface area contributed by atoms with Gasteiger partial charge in [0.05, 0.1) is 6.42 Å². The summed E-state index contributed by atoms with van der Waals surface area (Å²) in [5.41, 5.74) is 0. The number of nitrogens with zero attached hydrogens (tertiary/aromatic N) is 1. The summed E-state index contributed by atoms with van der Waals surface area (Å²) in [6, 6.07) is 0.354. The first-order valence-electron chi connectivity index (χ1n) is 4.47. The van der Waals surface area contributed by atoms with Crippen LogP contribution in [-0.4, -0.2) is 35.1 Å². The van der Waals surface area contributed by atoms with E-state index in [4.69, 9.17) is 11.5 Å². The van der Waals surface area contributed by atoms with Gasteiger partial charge in [0, 0.05) is 25.6 Å². The number of hydrogen-bond acceptors (Lipinski definition) is 2. The minimum atomic E-state index is -0.758. The first-order chi connectivity index (χ1) is 6.07. The molecule has 0 unspecified atom stereocenters. The van der Waals surface area contributed by atoms with Crippen molar-refractivity contribution >= 4 is 5.97 Å². The van der Waals surface area contributed by atoms with Crippen LogP contribution < -0.4 is 0 Å². The molecule has 13 heavy (non-hydrogen) atoms. The molecule has 0 rings (SSSR count). The third-order valence-corrected chi connectivity index (χ3v) is 1.89. The van der Waals surface area contributed by atoms with E-state index in [1.165, 1.54) is 0 Å². The second kappa shape index (κ2) is 6.50. The van der Waals surface area contributed by atoms with E-state index in [2.05, 4.69) is 10.8 Å². The molecule has 0 heterocycles. The fourth-order valence-electron chi connectivity index (χ4n) is 1.08. The Morgan fingerprint density at radius 3 is 2.54 bits per heavy atom. The van der Waals surface area contributed by atoms with Crippen LogP contribution in [0.2, 0.25) is 0 Å². The molecular formula is C10H17NO2. The van der Waals surface area contributed by atoms with Crippen LogP contribution in [-0.2, 0) is 4.79 Å². The molecule has 0 amide bonds. The van der Waals surface area contributed by atoms with Gasteiger partial charge in [-0.3, -0.25) is 9.69 Å². The maximum absolute atomic E-state index is 10.3. The average molecular weight is 183 g/mol.